The SMILES string of the molecule is CC.CC.CC.CC/C=C(/N)n1c(Cc2ccc(C(F)(F)F)cc2O)cnc1C. The number of allylic oxidation sites excluding steroid dienone is 1. The van der Waals surface area contributed by atoms with E-state index in [4.69, 9.17) is 5.73 Å². The molecule has 0 aliphatic heterocycles. The van der Waals surface area contributed by atoms with Gasteiger partial charge in [-0.15, -0.1) is 0 Å². The van der Waals surface area contributed by atoms with E-state index in [0.29, 0.717) is 22.9 Å². The molecule has 3 N–H and O–H groups in total. The Kier molecular flexibility index (Phi) is 14.4. The summed E-state index contributed by atoms with van der Waals surface area (Å²) in [6.07, 6.45) is -0.0895. The molecular weight excluding hydrogens is 379 g/mol. The van der Waals surface area contributed by atoms with Gasteiger partial charge in [0.25, 0.3) is 0 Å². The molecular formula is C22H36F3N3O. The van der Waals surface area contributed by atoms with E-state index < -0.39 is 17.5 Å². The number of phenols is 1. The zero-order chi connectivity index (χ0) is 23.2. The lowest BCUT2D eigenvalue weighted by molar-refractivity contribution is -0.137. The number of hydrogen-bond acceptors (Lipinski definition) is 3. The summed E-state index contributed by atoms with van der Waals surface area (Å²) in [5.41, 5.74) is 6.19. The second kappa shape index (κ2) is 14.5. The van der Waals surface area contributed by atoms with E-state index in [9.17, 15) is 18.3 Å². The first kappa shape index (κ1) is 28.8. The summed E-state index contributed by atoms with van der Waals surface area (Å²) >= 11 is 0. The quantitative estimate of drug-likeness (QED) is 0.580. The van der Waals surface area contributed by atoms with Crippen molar-refractivity contribution in [3.05, 3.63) is 53.1 Å². The van der Waals surface area contributed by atoms with Gasteiger partial charge in [-0.1, -0.05) is 54.5 Å². The first-order valence-corrected chi connectivity index (χ1v) is 10.1. The van der Waals surface area contributed by atoms with Crippen LogP contribution in [0, 0.1) is 6.92 Å². The average Bonchev–Trinajstić information content (AvgIpc) is 3.08. The highest BCUT2D eigenvalue weighted by Gasteiger charge is 2.31. The molecule has 0 unspecified atom stereocenters. The maximum atomic E-state index is 12.6. The summed E-state index contributed by atoms with van der Waals surface area (Å²) < 4.78 is 39.6. The van der Waals surface area contributed by atoms with Crippen molar-refractivity contribution in [1.82, 2.24) is 9.55 Å². The monoisotopic (exact) mass is 415 g/mol. The van der Waals surface area contributed by atoms with Crippen LogP contribution in [0.2, 0.25) is 0 Å². The van der Waals surface area contributed by atoms with Crippen molar-refractivity contribution in [1.29, 1.82) is 0 Å². The van der Waals surface area contributed by atoms with Crippen molar-refractivity contribution >= 4 is 5.82 Å². The minimum atomic E-state index is -4.48. The first-order valence-electron chi connectivity index (χ1n) is 10.1. The van der Waals surface area contributed by atoms with Gasteiger partial charge in [0.2, 0.25) is 0 Å². The zero-order valence-electron chi connectivity index (χ0n) is 18.9. The third kappa shape index (κ3) is 8.62. The lowest BCUT2D eigenvalue weighted by Gasteiger charge is -2.13. The summed E-state index contributed by atoms with van der Waals surface area (Å²) in [6.45, 7) is 15.7. The Morgan fingerprint density at radius 1 is 1.14 bits per heavy atom. The number of nitrogens with two attached hydrogens (primary N) is 1. The minimum Gasteiger partial charge on any atom is -0.508 e. The smallest absolute Gasteiger partial charge is 0.416 e. The van der Waals surface area contributed by atoms with Gasteiger partial charge in [-0.25, -0.2) is 4.98 Å². The van der Waals surface area contributed by atoms with Crippen LogP contribution in [0.15, 0.2) is 30.5 Å². The van der Waals surface area contributed by atoms with Gasteiger partial charge in [0, 0.05) is 18.3 Å². The van der Waals surface area contributed by atoms with Crippen molar-refractivity contribution in [2.75, 3.05) is 0 Å². The van der Waals surface area contributed by atoms with Gasteiger partial charge in [-0.3, -0.25) is 4.57 Å². The number of aromatic nitrogens is 2. The molecule has 2 rings (SSSR count). The Labute approximate surface area is 173 Å². The number of aromatic hydroxyl groups is 1. The third-order valence-electron chi connectivity index (χ3n) is 3.47. The van der Waals surface area contributed by atoms with Crippen LogP contribution in [0.1, 0.15) is 77.5 Å². The van der Waals surface area contributed by atoms with Crippen LogP contribution in [-0.4, -0.2) is 14.7 Å². The lowest BCUT2D eigenvalue weighted by Crippen LogP contribution is -2.12. The normalized spacial score (nSPS) is 10.7. The molecule has 0 atom stereocenters. The van der Waals surface area contributed by atoms with Gasteiger partial charge in [0.1, 0.15) is 17.4 Å². The summed E-state index contributed by atoms with van der Waals surface area (Å²) in [6, 6.07) is 2.95. The molecule has 0 amide bonds. The van der Waals surface area contributed by atoms with E-state index >= 15 is 0 Å². The molecule has 7 heteroatoms. The molecule has 4 nitrogen and oxygen atoms in total. The van der Waals surface area contributed by atoms with Gasteiger partial charge in [-0.2, -0.15) is 13.2 Å². The first-order chi connectivity index (χ1) is 13.7. The fourth-order valence-corrected chi connectivity index (χ4v) is 2.35. The molecule has 0 saturated heterocycles. The van der Waals surface area contributed by atoms with Crippen LogP contribution in [0.4, 0.5) is 13.2 Å². The molecule has 1 heterocycles. The van der Waals surface area contributed by atoms with Gasteiger partial charge in [0.05, 0.1) is 5.56 Å². The molecule has 0 spiro atoms. The van der Waals surface area contributed by atoms with Crippen molar-refractivity contribution in [2.24, 2.45) is 5.73 Å². The van der Waals surface area contributed by atoms with E-state index in [0.717, 1.165) is 18.6 Å². The number of benzene rings is 1. The van der Waals surface area contributed by atoms with E-state index in [1.54, 1.807) is 17.7 Å². The Bertz CT molecular complexity index is 735. The van der Waals surface area contributed by atoms with Crippen molar-refractivity contribution in [3.63, 3.8) is 0 Å². The molecule has 0 bridgehead atoms. The maximum Gasteiger partial charge on any atom is 0.416 e. The van der Waals surface area contributed by atoms with Crippen LogP contribution in [-0.2, 0) is 12.6 Å². The minimum absolute atomic E-state index is 0.225. The van der Waals surface area contributed by atoms with Crippen LogP contribution in [0.25, 0.3) is 5.82 Å². The fourth-order valence-electron chi connectivity index (χ4n) is 2.35. The number of rotatable bonds is 4. The lowest BCUT2D eigenvalue weighted by atomic mass is 10.1. The Morgan fingerprint density at radius 2 is 1.69 bits per heavy atom. The second-order valence-corrected chi connectivity index (χ2v) is 5.19. The molecule has 1 aromatic carbocycles. The highest BCUT2D eigenvalue weighted by molar-refractivity contribution is 5.46. The molecule has 166 valence electrons. The number of nitrogens with zero attached hydrogens (tertiary/aromatic N) is 2. The van der Waals surface area contributed by atoms with Crippen LogP contribution in [0.3, 0.4) is 0 Å². The highest BCUT2D eigenvalue weighted by Crippen LogP contribution is 2.33. The van der Waals surface area contributed by atoms with E-state index in [-0.39, 0.29) is 6.42 Å². The molecule has 0 saturated carbocycles. The van der Waals surface area contributed by atoms with E-state index in [1.165, 1.54) is 6.07 Å². The fraction of sp³-hybridized carbons (Fsp3) is 0.500. The molecule has 1 aromatic heterocycles. The highest BCUT2D eigenvalue weighted by atomic mass is 19.4. The third-order valence-corrected chi connectivity index (χ3v) is 3.47. The second-order valence-electron chi connectivity index (χ2n) is 5.19. The molecule has 0 fully saturated rings. The van der Waals surface area contributed by atoms with Crippen LogP contribution >= 0.6 is 0 Å². The van der Waals surface area contributed by atoms with Crippen LogP contribution in [0.5, 0.6) is 5.75 Å². The topological polar surface area (TPSA) is 64.1 Å². The predicted molar refractivity (Wildman–Crippen MR) is 116 cm³/mol. The number of alkyl halides is 3. The molecule has 0 aliphatic carbocycles. The number of phenolic OH excluding ortho intramolecular Hbond substituents is 1. The number of hydrogen-bond donors (Lipinski definition) is 2. The Balaban J connectivity index is 0. The number of aryl methyl sites for hydroxylation is 1. The standard InChI is InChI=1S/C16H18F3N3O.3C2H6/c1-3-4-15(20)22-10(2)21-9-13(22)7-11-5-6-12(8-14(11)23)16(17,18)19;3*1-2/h4-6,8-9,23H,3,7,20H2,1-2H3;3*1-2H3/b15-4-;;;. The van der Waals surface area contributed by atoms with Gasteiger partial charge in [0.15, 0.2) is 0 Å². The summed E-state index contributed by atoms with van der Waals surface area (Å²) in [4.78, 5) is 4.18. The largest absolute Gasteiger partial charge is 0.508 e. The molecule has 0 aliphatic rings. The van der Waals surface area contributed by atoms with Crippen molar-refractivity contribution < 1.29 is 18.3 Å². The summed E-state index contributed by atoms with van der Waals surface area (Å²) in [7, 11) is 0. The average molecular weight is 416 g/mol. The van der Waals surface area contributed by atoms with Gasteiger partial charge >= 0.3 is 6.18 Å². The zero-order valence-corrected chi connectivity index (χ0v) is 18.9. The predicted octanol–water partition coefficient (Wildman–Crippen LogP) is 6.75. The maximum absolute atomic E-state index is 12.6. The number of imidazole rings is 1. The molecule has 2 aromatic rings. The van der Waals surface area contributed by atoms with Gasteiger partial charge < -0.3 is 10.8 Å². The van der Waals surface area contributed by atoms with Crippen molar-refractivity contribution in [2.45, 2.75) is 74.4 Å². The Hall–Kier alpha value is -2.44. The van der Waals surface area contributed by atoms with Crippen LogP contribution < -0.4 is 5.73 Å². The van der Waals surface area contributed by atoms with E-state index in [2.05, 4.69) is 4.98 Å². The summed E-state index contributed by atoms with van der Waals surface area (Å²) in [5, 5.41) is 9.88. The van der Waals surface area contributed by atoms with E-state index in [1.807, 2.05) is 54.5 Å². The molecule has 0 radical (unpaired) electrons. The number of halogens is 3. The van der Waals surface area contributed by atoms with Gasteiger partial charge in [-0.05, 0) is 37.1 Å². The summed E-state index contributed by atoms with van der Waals surface area (Å²) in [5.74, 6) is 0.778. The van der Waals surface area contributed by atoms with Crippen molar-refractivity contribution in [3.8, 4) is 5.75 Å². The molecule has 29 heavy (non-hydrogen) atoms. The Morgan fingerprint density at radius 3 is 2.14 bits per heavy atom.